The molecular formula is C28H32FN3O5S. The molecule has 0 aliphatic heterocycles. The van der Waals surface area contributed by atoms with Gasteiger partial charge < -0.3 is 15.0 Å². The Hall–Kier alpha value is -3.92. The van der Waals surface area contributed by atoms with Gasteiger partial charge in [-0.05, 0) is 62.7 Å². The summed E-state index contributed by atoms with van der Waals surface area (Å²) >= 11 is 0. The predicted molar refractivity (Wildman–Crippen MR) is 144 cm³/mol. The van der Waals surface area contributed by atoms with Gasteiger partial charge in [0.25, 0.3) is 10.0 Å². The number of hydrogen-bond acceptors (Lipinski definition) is 5. The van der Waals surface area contributed by atoms with Crippen molar-refractivity contribution in [3.8, 4) is 5.75 Å². The number of sulfonamides is 1. The number of rotatable bonds is 11. The Labute approximate surface area is 223 Å². The van der Waals surface area contributed by atoms with Crippen LogP contribution in [0.4, 0.5) is 10.1 Å². The van der Waals surface area contributed by atoms with Crippen molar-refractivity contribution in [3.05, 3.63) is 89.7 Å². The summed E-state index contributed by atoms with van der Waals surface area (Å²) in [6.45, 7) is 4.93. The van der Waals surface area contributed by atoms with Crippen LogP contribution in [0.2, 0.25) is 0 Å². The number of halogens is 1. The second kappa shape index (κ2) is 12.6. The molecule has 3 aromatic rings. The molecule has 0 heterocycles. The van der Waals surface area contributed by atoms with E-state index in [-0.39, 0.29) is 17.1 Å². The van der Waals surface area contributed by atoms with Crippen molar-refractivity contribution in [3.63, 3.8) is 0 Å². The predicted octanol–water partition coefficient (Wildman–Crippen LogP) is 3.89. The second-order valence-electron chi connectivity index (χ2n) is 8.74. The number of carbonyl (C=O) groups excluding carboxylic acids is 2. The van der Waals surface area contributed by atoms with Gasteiger partial charge in [-0.1, -0.05) is 35.9 Å². The molecule has 0 radical (unpaired) electrons. The molecule has 38 heavy (non-hydrogen) atoms. The first-order chi connectivity index (χ1) is 18.1. The van der Waals surface area contributed by atoms with Crippen LogP contribution in [-0.2, 0) is 26.2 Å². The molecule has 0 saturated carbocycles. The van der Waals surface area contributed by atoms with Crippen molar-refractivity contribution >= 4 is 27.5 Å². The average molecular weight is 542 g/mol. The third-order valence-corrected chi connectivity index (χ3v) is 7.80. The fraction of sp³-hybridized carbons (Fsp3) is 0.286. The normalized spacial score (nSPS) is 11.9. The lowest BCUT2D eigenvalue weighted by Gasteiger charge is -2.32. The van der Waals surface area contributed by atoms with Gasteiger partial charge in [-0.3, -0.25) is 13.9 Å². The molecule has 0 aromatic heterocycles. The highest BCUT2D eigenvalue weighted by Gasteiger charge is 2.32. The smallest absolute Gasteiger partial charge is 0.264 e. The van der Waals surface area contributed by atoms with E-state index in [0.717, 1.165) is 9.87 Å². The maximum atomic E-state index is 13.8. The molecule has 3 aromatic carbocycles. The Kier molecular flexibility index (Phi) is 9.46. The number of hydrogen-bond donors (Lipinski definition) is 1. The number of amides is 2. The average Bonchev–Trinajstić information content (AvgIpc) is 2.91. The molecule has 0 saturated heterocycles. The SMILES string of the molecule is CCNC(=O)C(C)N(Cc1ccc(F)cc1)C(=O)CN(c1cccc(OC)c1)S(=O)(=O)c1ccc(C)cc1. The van der Waals surface area contributed by atoms with Crippen molar-refractivity contribution in [2.24, 2.45) is 0 Å². The van der Waals surface area contributed by atoms with Gasteiger partial charge in [0.1, 0.15) is 24.2 Å². The van der Waals surface area contributed by atoms with E-state index in [1.165, 1.54) is 54.5 Å². The molecule has 1 N–H and O–H groups in total. The van der Waals surface area contributed by atoms with Gasteiger partial charge in [-0.15, -0.1) is 0 Å². The van der Waals surface area contributed by atoms with Gasteiger partial charge >= 0.3 is 0 Å². The first-order valence-corrected chi connectivity index (χ1v) is 13.6. The summed E-state index contributed by atoms with van der Waals surface area (Å²) in [6, 6.07) is 17.4. The standard InChI is InChI=1S/C28H32FN3O5S/c1-5-30-28(34)21(3)31(18-22-11-13-23(29)14-12-22)27(33)19-32(24-7-6-8-25(17-24)37-4)38(35,36)26-15-9-20(2)10-16-26/h6-17,21H,5,18-19H2,1-4H3,(H,30,34). The van der Waals surface area contributed by atoms with Crippen LogP contribution in [0.3, 0.4) is 0 Å². The zero-order chi connectivity index (χ0) is 27.9. The number of likely N-dealkylation sites (N-methyl/N-ethyl adjacent to an activating group) is 1. The number of carbonyl (C=O) groups is 2. The van der Waals surface area contributed by atoms with Crippen molar-refractivity contribution in [2.75, 3.05) is 24.5 Å². The van der Waals surface area contributed by atoms with Crippen LogP contribution in [0.1, 0.15) is 25.0 Å². The van der Waals surface area contributed by atoms with Gasteiger partial charge in [0.15, 0.2) is 0 Å². The van der Waals surface area contributed by atoms with Gasteiger partial charge in [0, 0.05) is 19.2 Å². The van der Waals surface area contributed by atoms with Crippen LogP contribution in [0.15, 0.2) is 77.7 Å². The lowest BCUT2D eigenvalue weighted by molar-refractivity contribution is -0.139. The molecule has 10 heteroatoms. The number of aryl methyl sites for hydroxylation is 1. The van der Waals surface area contributed by atoms with Crippen LogP contribution >= 0.6 is 0 Å². The molecule has 1 atom stereocenters. The maximum absolute atomic E-state index is 13.8. The van der Waals surface area contributed by atoms with Crippen molar-refractivity contribution in [1.82, 2.24) is 10.2 Å². The number of nitrogens with zero attached hydrogens (tertiary/aromatic N) is 2. The minimum atomic E-state index is -4.18. The highest BCUT2D eigenvalue weighted by Crippen LogP contribution is 2.28. The van der Waals surface area contributed by atoms with Crippen molar-refractivity contribution in [1.29, 1.82) is 0 Å². The summed E-state index contributed by atoms with van der Waals surface area (Å²) in [5.74, 6) is -1.02. The van der Waals surface area contributed by atoms with Crippen molar-refractivity contribution in [2.45, 2.75) is 38.3 Å². The number of benzene rings is 3. The molecular weight excluding hydrogens is 509 g/mol. The lowest BCUT2D eigenvalue weighted by Crippen LogP contribution is -2.51. The number of nitrogens with one attached hydrogen (secondary N) is 1. The number of ether oxygens (including phenoxy) is 1. The summed E-state index contributed by atoms with van der Waals surface area (Å²) in [4.78, 5) is 27.8. The molecule has 2 amide bonds. The van der Waals surface area contributed by atoms with Crippen LogP contribution in [-0.4, -0.2) is 51.4 Å². The van der Waals surface area contributed by atoms with E-state index < -0.39 is 40.2 Å². The summed E-state index contributed by atoms with van der Waals surface area (Å²) in [6.07, 6.45) is 0. The summed E-state index contributed by atoms with van der Waals surface area (Å²) in [5, 5.41) is 2.70. The quantitative estimate of drug-likeness (QED) is 0.397. The Morgan fingerprint density at radius 2 is 1.68 bits per heavy atom. The highest BCUT2D eigenvalue weighted by molar-refractivity contribution is 7.92. The largest absolute Gasteiger partial charge is 0.497 e. The van der Waals surface area contributed by atoms with E-state index >= 15 is 0 Å². The second-order valence-corrected chi connectivity index (χ2v) is 10.6. The van der Waals surface area contributed by atoms with Crippen LogP contribution in [0.5, 0.6) is 5.75 Å². The lowest BCUT2D eigenvalue weighted by atomic mass is 10.1. The topological polar surface area (TPSA) is 96.0 Å². The Morgan fingerprint density at radius 3 is 2.29 bits per heavy atom. The van der Waals surface area contributed by atoms with E-state index in [4.69, 9.17) is 4.74 Å². The van der Waals surface area contributed by atoms with E-state index in [1.807, 2.05) is 6.92 Å². The Bertz CT molecular complexity index is 1360. The summed E-state index contributed by atoms with van der Waals surface area (Å²) in [7, 11) is -2.72. The molecule has 3 rings (SSSR count). The maximum Gasteiger partial charge on any atom is 0.264 e. The highest BCUT2D eigenvalue weighted by atomic mass is 32.2. The van der Waals surface area contributed by atoms with Crippen LogP contribution < -0.4 is 14.4 Å². The zero-order valence-corrected chi connectivity index (χ0v) is 22.7. The molecule has 1 unspecified atom stereocenters. The van der Waals surface area contributed by atoms with Crippen LogP contribution in [0.25, 0.3) is 0 Å². The zero-order valence-electron chi connectivity index (χ0n) is 21.8. The fourth-order valence-electron chi connectivity index (χ4n) is 3.82. The van der Waals surface area contributed by atoms with E-state index in [9.17, 15) is 22.4 Å². The van der Waals surface area contributed by atoms with Crippen LogP contribution in [0, 0.1) is 12.7 Å². The van der Waals surface area contributed by atoms with Gasteiger partial charge in [0.05, 0.1) is 17.7 Å². The molecule has 8 nitrogen and oxygen atoms in total. The van der Waals surface area contributed by atoms with E-state index in [2.05, 4.69) is 5.32 Å². The fourth-order valence-corrected chi connectivity index (χ4v) is 5.23. The first-order valence-electron chi connectivity index (χ1n) is 12.1. The summed E-state index contributed by atoms with van der Waals surface area (Å²) < 4.78 is 47.4. The van der Waals surface area contributed by atoms with Gasteiger partial charge in [-0.25, -0.2) is 12.8 Å². The van der Waals surface area contributed by atoms with E-state index in [1.54, 1.807) is 44.2 Å². The monoisotopic (exact) mass is 541 g/mol. The third kappa shape index (κ3) is 6.89. The minimum Gasteiger partial charge on any atom is -0.497 e. The summed E-state index contributed by atoms with van der Waals surface area (Å²) in [5.41, 5.74) is 1.70. The number of anilines is 1. The van der Waals surface area contributed by atoms with Gasteiger partial charge in [0.2, 0.25) is 11.8 Å². The third-order valence-electron chi connectivity index (χ3n) is 6.01. The molecule has 202 valence electrons. The molecule has 0 aliphatic rings. The van der Waals surface area contributed by atoms with E-state index in [0.29, 0.717) is 17.9 Å². The van der Waals surface area contributed by atoms with Crippen molar-refractivity contribution < 1.29 is 27.1 Å². The molecule has 0 bridgehead atoms. The Balaban J connectivity index is 2.04. The molecule has 0 fully saturated rings. The molecule has 0 aliphatic carbocycles. The number of methoxy groups -OCH3 is 1. The Morgan fingerprint density at radius 1 is 1.03 bits per heavy atom. The minimum absolute atomic E-state index is 0.0144. The molecule has 0 spiro atoms. The van der Waals surface area contributed by atoms with Gasteiger partial charge in [-0.2, -0.15) is 0 Å². The first kappa shape index (κ1) is 28.6.